The van der Waals surface area contributed by atoms with Gasteiger partial charge in [-0.2, -0.15) is 0 Å². The van der Waals surface area contributed by atoms with Crippen molar-refractivity contribution in [1.29, 1.82) is 0 Å². The number of methoxy groups -OCH3 is 1. The predicted octanol–water partition coefficient (Wildman–Crippen LogP) is 2.52. The van der Waals surface area contributed by atoms with Crippen LogP contribution in [0, 0.1) is 6.92 Å². The minimum Gasteiger partial charge on any atom is -0.496 e. The molecular formula is C17H23Cl2N5O2. The van der Waals surface area contributed by atoms with Crippen LogP contribution in [0.4, 0.5) is 0 Å². The molecule has 26 heavy (non-hydrogen) atoms. The molecule has 7 nitrogen and oxygen atoms in total. The van der Waals surface area contributed by atoms with E-state index in [4.69, 9.17) is 16.3 Å². The third-order valence-electron chi connectivity index (χ3n) is 4.48. The SMILES string of the molecule is COc1ccc(Cl)cc1CNC(=O)c1nnn(C2CCNCC2)c1C.Cl. The summed E-state index contributed by atoms with van der Waals surface area (Å²) < 4.78 is 7.17. The number of carbonyl (C=O) groups is 1. The summed E-state index contributed by atoms with van der Waals surface area (Å²) in [5.41, 5.74) is 1.97. The van der Waals surface area contributed by atoms with E-state index in [-0.39, 0.29) is 18.3 Å². The summed E-state index contributed by atoms with van der Waals surface area (Å²) >= 11 is 6.02. The quantitative estimate of drug-likeness (QED) is 0.806. The number of rotatable bonds is 5. The van der Waals surface area contributed by atoms with Crippen LogP contribution in [0.1, 0.15) is 40.6 Å². The van der Waals surface area contributed by atoms with Crippen molar-refractivity contribution < 1.29 is 9.53 Å². The van der Waals surface area contributed by atoms with Crippen molar-refractivity contribution in [2.45, 2.75) is 32.4 Å². The van der Waals surface area contributed by atoms with Gasteiger partial charge in [-0.1, -0.05) is 16.8 Å². The van der Waals surface area contributed by atoms with Crippen molar-refractivity contribution >= 4 is 29.9 Å². The molecule has 1 aliphatic heterocycles. The number of carbonyl (C=O) groups excluding carboxylic acids is 1. The molecule has 142 valence electrons. The van der Waals surface area contributed by atoms with Crippen molar-refractivity contribution in [3.8, 4) is 5.75 Å². The van der Waals surface area contributed by atoms with Crippen molar-refractivity contribution in [2.75, 3.05) is 20.2 Å². The van der Waals surface area contributed by atoms with E-state index in [0.29, 0.717) is 29.1 Å². The number of aromatic nitrogens is 3. The summed E-state index contributed by atoms with van der Waals surface area (Å²) in [4.78, 5) is 12.5. The van der Waals surface area contributed by atoms with E-state index in [1.807, 2.05) is 11.6 Å². The lowest BCUT2D eigenvalue weighted by Gasteiger charge is -2.23. The normalized spacial score (nSPS) is 14.6. The molecule has 0 atom stereocenters. The first-order valence-corrected chi connectivity index (χ1v) is 8.71. The van der Waals surface area contributed by atoms with Gasteiger partial charge in [0.15, 0.2) is 5.69 Å². The second kappa shape index (κ2) is 9.21. The molecule has 3 rings (SSSR count). The second-order valence-corrected chi connectivity index (χ2v) is 6.52. The van der Waals surface area contributed by atoms with Gasteiger partial charge in [0.05, 0.1) is 18.8 Å². The van der Waals surface area contributed by atoms with Gasteiger partial charge in [0.2, 0.25) is 0 Å². The number of halogens is 2. The number of hydrogen-bond donors (Lipinski definition) is 2. The molecule has 1 aromatic heterocycles. The van der Waals surface area contributed by atoms with Crippen LogP contribution in [0.2, 0.25) is 5.02 Å². The van der Waals surface area contributed by atoms with E-state index in [9.17, 15) is 4.79 Å². The van der Waals surface area contributed by atoms with Crippen molar-refractivity contribution in [1.82, 2.24) is 25.6 Å². The van der Waals surface area contributed by atoms with Crippen LogP contribution >= 0.6 is 24.0 Å². The van der Waals surface area contributed by atoms with Crippen LogP contribution in [0.15, 0.2) is 18.2 Å². The lowest BCUT2D eigenvalue weighted by atomic mass is 10.1. The van der Waals surface area contributed by atoms with E-state index < -0.39 is 0 Å². The monoisotopic (exact) mass is 399 g/mol. The molecule has 0 spiro atoms. The molecular weight excluding hydrogens is 377 g/mol. The number of nitrogens with zero attached hydrogens (tertiary/aromatic N) is 3. The van der Waals surface area contributed by atoms with Gasteiger partial charge in [0, 0.05) is 17.1 Å². The van der Waals surface area contributed by atoms with Gasteiger partial charge in [-0.25, -0.2) is 4.68 Å². The summed E-state index contributed by atoms with van der Waals surface area (Å²) in [5, 5.41) is 15.1. The Hall–Kier alpha value is -1.83. The Morgan fingerprint density at radius 3 is 2.85 bits per heavy atom. The summed E-state index contributed by atoms with van der Waals surface area (Å²) in [6, 6.07) is 5.60. The van der Waals surface area contributed by atoms with Crippen LogP contribution < -0.4 is 15.4 Å². The predicted molar refractivity (Wildman–Crippen MR) is 102 cm³/mol. The maximum absolute atomic E-state index is 12.5. The molecule has 0 radical (unpaired) electrons. The first-order chi connectivity index (χ1) is 12.1. The summed E-state index contributed by atoms with van der Waals surface area (Å²) in [6.45, 7) is 4.11. The zero-order valence-corrected chi connectivity index (χ0v) is 16.4. The molecule has 1 aliphatic rings. The topological polar surface area (TPSA) is 81.1 Å². The van der Waals surface area contributed by atoms with E-state index in [0.717, 1.165) is 37.2 Å². The van der Waals surface area contributed by atoms with Gasteiger partial charge >= 0.3 is 0 Å². The largest absolute Gasteiger partial charge is 0.496 e. The molecule has 0 saturated carbocycles. The molecule has 1 saturated heterocycles. The fourth-order valence-electron chi connectivity index (χ4n) is 3.09. The fraction of sp³-hybridized carbons (Fsp3) is 0.471. The lowest BCUT2D eigenvalue weighted by molar-refractivity contribution is 0.0945. The molecule has 0 unspecified atom stereocenters. The van der Waals surface area contributed by atoms with Gasteiger partial charge in [-0.3, -0.25) is 4.79 Å². The molecule has 1 aromatic carbocycles. The third kappa shape index (κ3) is 4.47. The van der Waals surface area contributed by atoms with Gasteiger partial charge in [0.25, 0.3) is 5.91 Å². The standard InChI is InChI=1S/C17H22ClN5O2.ClH/c1-11-16(21-22-23(11)14-5-7-19-8-6-14)17(24)20-10-12-9-13(18)3-4-15(12)25-2;/h3-4,9,14,19H,5-8,10H2,1-2H3,(H,20,24);1H. The Morgan fingerprint density at radius 2 is 2.15 bits per heavy atom. The molecule has 2 heterocycles. The van der Waals surface area contributed by atoms with E-state index in [2.05, 4.69) is 20.9 Å². The summed E-state index contributed by atoms with van der Waals surface area (Å²) in [5.74, 6) is 0.430. The number of amides is 1. The first-order valence-electron chi connectivity index (χ1n) is 8.33. The Labute approximate surface area is 163 Å². The van der Waals surface area contributed by atoms with Crippen LogP contribution in [-0.4, -0.2) is 41.1 Å². The highest BCUT2D eigenvalue weighted by molar-refractivity contribution is 6.30. The maximum atomic E-state index is 12.5. The van der Waals surface area contributed by atoms with Crippen LogP contribution in [-0.2, 0) is 6.54 Å². The highest BCUT2D eigenvalue weighted by Crippen LogP contribution is 2.23. The number of nitrogens with one attached hydrogen (secondary N) is 2. The zero-order valence-electron chi connectivity index (χ0n) is 14.8. The molecule has 9 heteroatoms. The highest BCUT2D eigenvalue weighted by atomic mass is 35.5. The average molecular weight is 400 g/mol. The van der Waals surface area contributed by atoms with Crippen LogP contribution in [0.5, 0.6) is 5.75 Å². The van der Waals surface area contributed by atoms with Gasteiger partial charge in [0.1, 0.15) is 5.75 Å². The fourth-order valence-corrected chi connectivity index (χ4v) is 3.29. The highest BCUT2D eigenvalue weighted by Gasteiger charge is 2.22. The zero-order chi connectivity index (χ0) is 17.8. The Kier molecular flexibility index (Phi) is 7.25. The van der Waals surface area contributed by atoms with E-state index in [1.165, 1.54) is 0 Å². The molecule has 0 aliphatic carbocycles. The first kappa shape index (κ1) is 20.5. The van der Waals surface area contributed by atoms with E-state index in [1.54, 1.807) is 25.3 Å². The Balaban J connectivity index is 0.00000243. The van der Waals surface area contributed by atoms with E-state index >= 15 is 0 Å². The minimum atomic E-state index is -0.250. The minimum absolute atomic E-state index is 0. The maximum Gasteiger partial charge on any atom is 0.274 e. The summed E-state index contributed by atoms with van der Waals surface area (Å²) in [7, 11) is 1.59. The number of hydrogen-bond acceptors (Lipinski definition) is 5. The number of piperidine rings is 1. The second-order valence-electron chi connectivity index (χ2n) is 6.09. The van der Waals surface area contributed by atoms with Crippen LogP contribution in [0.3, 0.4) is 0 Å². The van der Waals surface area contributed by atoms with Gasteiger partial charge < -0.3 is 15.4 Å². The number of benzene rings is 1. The average Bonchev–Trinajstić information content (AvgIpc) is 3.02. The van der Waals surface area contributed by atoms with Crippen molar-refractivity contribution in [3.63, 3.8) is 0 Å². The summed E-state index contributed by atoms with van der Waals surface area (Å²) in [6.07, 6.45) is 1.98. The van der Waals surface area contributed by atoms with Gasteiger partial charge in [-0.05, 0) is 51.1 Å². The lowest BCUT2D eigenvalue weighted by Crippen LogP contribution is -2.30. The smallest absolute Gasteiger partial charge is 0.274 e. The van der Waals surface area contributed by atoms with Crippen molar-refractivity contribution in [3.05, 3.63) is 40.2 Å². The molecule has 2 N–H and O–H groups in total. The molecule has 2 aromatic rings. The third-order valence-corrected chi connectivity index (χ3v) is 4.71. The Morgan fingerprint density at radius 1 is 1.42 bits per heavy atom. The molecule has 0 bridgehead atoms. The number of ether oxygens (including phenoxy) is 1. The van der Waals surface area contributed by atoms with Crippen LogP contribution in [0.25, 0.3) is 0 Å². The van der Waals surface area contributed by atoms with Gasteiger partial charge in [-0.15, -0.1) is 17.5 Å². The molecule has 1 fully saturated rings. The molecule has 1 amide bonds. The Bertz CT molecular complexity index is 760. The van der Waals surface area contributed by atoms with Crippen molar-refractivity contribution in [2.24, 2.45) is 0 Å².